The van der Waals surface area contributed by atoms with Gasteiger partial charge in [0.15, 0.2) is 0 Å². The zero-order valence-electron chi connectivity index (χ0n) is 24.8. The topological polar surface area (TPSA) is 82.2 Å². The highest BCUT2D eigenvalue weighted by atomic mass is 32.2. The molecule has 10 heteroatoms. The van der Waals surface area contributed by atoms with Gasteiger partial charge in [-0.15, -0.1) is 0 Å². The number of esters is 1. The van der Waals surface area contributed by atoms with Crippen molar-refractivity contribution in [2.75, 3.05) is 26.2 Å². The molecule has 8 nitrogen and oxygen atoms in total. The number of thiocarbonyl (C=S) groups is 1. The zero-order valence-corrected chi connectivity index (χ0v) is 26.5. The van der Waals surface area contributed by atoms with E-state index >= 15 is 0 Å². The van der Waals surface area contributed by atoms with E-state index < -0.39 is 23.6 Å². The first kappa shape index (κ1) is 32.6. The lowest BCUT2D eigenvalue weighted by Crippen LogP contribution is -2.61. The van der Waals surface area contributed by atoms with Gasteiger partial charge in [-0.25, -0.2) is 4.79 Å². The van der Waals surface area contributed by atoms with Gasteiger partial charge in [-0.1, -0.05) is 98.5 Å². The molecule has 0 aromatic heterocycles. The Kier molecular flexibility index (Phi) is 11.7. The fourth-order valence-corrected chi connectivity index (χ4v) is 5.98. The molecule has 0 saturated carbocycles. The number of carbonyl (C=O) groups excluding carboxylic acids is 3. The molecule has 41 heavy (non-hydrogen) atoms. The molecule has 1 fully saturated rings. The van der Waals surface area contributed by atoms with Crippen LogP contribution in [0.5, 0.6) is 0 Å². The second-order valence-corrected chi connectivity index (χ2v) is 13.2. The third-order valence-electron chi connectivity index (χ3n) is 6.70. The molecule has 2 amide bonds. The van der Waals surface area contributed by atoms with Crippen molar-refractivity contribution in [1.29, 1.82) is 0 Å². The van der Waals surface area contributed by atoms with Crippen LogP contribution in [-0.2, 0) is 32.1 Å². The number of nitrogens with one attached hydrogen (secondary N) is 1. The number of thioether (sulfide) groups is 1. The van der Waals surface area contributed by atoms with Crippen molar-refractivity contribution < 1.29 is 19.1 Å². The number of ether oxygens (including phenoxy) is 1. The maximum Gasteiger partial charge on any atom is 0.328 e. The van der Waals surface area contributed by atoms with Gasteiger partial charge in [-0.2, -0.15) is 0 Å². The first-order valence-corrected chi connectivity index (χ1v) is 15.2. The maximum atomic E-state index is 14.6. The van der Waals surface area contributed by atoms with Crippen LogP contribution >= 0.6 is 24.0 Å². The molecule has 2 aromatic carbocycles. The van der Waals surface area contributed by atoms with Crippen molar-refractivity contribution in [1.82, 2.24) is 20.0 Å². The normalized spacial score (nSPS) is 15.8. The minimum atomic E-state index is -0.921. The lowest BCUT2D eigenvalue weighted by molar-refractivity contribution is -0.158. The summed E-state index contributed by atoms with van der Waals surface area (Å²) < 4.78 is 5.89. The molecule has 1 heterocycles. The monoisotopic (exact) mass is 598 g/mol. The van der Waals surface area contributed by atoms with Crippen LogP contribution in [0.2, 0.25) is 0 Å². The summed E-state index contributed by atoms with van der Waals surface area (Å²) in [7, 11) is 1.31. The zero-order chi connectivity index (χ0) is 30.2. The van der Waals surface area contributed by atoms with E-state index in [1.54, 1.807) is 0 Å². The standard InChI is InChI=1S/C31H42N4O4S2/c1-22(2)27(29(38)39-6)35(19-26(36)32-31(3,4)5)28(37)25(17-23-13-9-7-10-14-23)34-20-33(30(40)41-21-34)18-24-15-11-8-12-16-24/h7-16,22,25,27H,17-21H2,1-6H3,(H,32,36)/t25-,27-/m0/s1. The minimum Gasteiger partial charge on any atom is -0.467 e. The molecule has 1 aliphatic rings. The first-order chi connectivity index (χ1) is 19.4. The largest absolute Gasteiger partial charge is 0.467 e. The highest BCUT2D eigenvalue weighted by molar-refractivity contribution is 8.22. The Balaban J connectivity index is 1.99. The number of rotatable bonds is 11. The third-order valence-corrected chi connectivity index (χ3v) is 8.28. The Morgan fingerprint density at radius 1 is 1.02 bits per heavy atom. The number of hydrogen-bond acceptors (Lipinski definition) is 7. The Bertz CT molecular complexity index is 1190. The van der Waals surface area contributed by atoms with E-state index in [2.05, 4.69) is 27.2 Å². The van der Waals surface area contributed by atoms with Crippen LogP contribution in [-0.4, -0.2) is 80.6 Å². The van der Waals surface area contributed by atoms with E-state index in [-0.39, 0.29) is 24.3 Å². The molecular weight excluding hydrogens is 556 g/mol. The number of amides is 2. The maximum absolute atomic E-state index is 14.6. The minimum absolute atomic E-state index is 0.257. The van der Waals surface area contributed by atoms with E-state index in [4.69, 9.17) is 17.0 Å². The quantitative estimate of drug-likeness (QED) is 0.303. The second-order valence-electron chi connectivity index (χ2n) is 11.6. The van der Waals surface area contributed by atoms with Gasteiger partial charge in [0.1, 0.15) is 16.9 Å². The molecule has 0 radical (unpaired) electrons. The number of hydrogen-bond donors (Lipinski definition) is 1. The molecule has 222 valence electrons. The summed E-state index contributed by atoms with van der Waals surface area (Å²) in [5, 5.41) is 2.94. The number of benzene rings is 2. The average molecular weight is 599 g/mol. The second kappa shape index (κ2) is 14.8. The third kappa shape index (κ3) is 9.55. The van der Waals surface area contributed by atoms with Crippen LogP contribution in [0.15, 0.2) is 60.7 Å². The molecular formula is C31H42N4O4S2. The van der Waals surface area contributed by atoms with Gasteiger partial charge in [0.25, 0.3) is 0 Å². The van der Waals surface area contributed by atoms with Gasteiger partial charge in [0.05, 0.1) is 25.7 Å². The highest BCUT2D eigenvalue weighted by Gasteiger charge is 2.41. The van der Waals surface area contributed by atoms with Crippen molar-refractivity contribution in [3.8, 4) is 0 Å². The summed E-state index contributed by atoms with van der Waals surface area (Å²) in [5.41, 5.74) is 1.61. The fraction of sp³-hybridized carbons (Fsp3) is 0.484. The first-order valence-electron chi connectivity index (χ1n) is 13.8. The summed E-state index contributed by atoms with van der Waals surface area (Å²) in [4.78, 5) is 46.4. The van der Waals surface area contributed by atoms with E-state index in [1.165, 1.54) is 23.8 Å². The van der Waals surface area contributed by atoms with Crippen LogP contribution in [0.4, 0.5) is 0 Å². The smallest absolute Gasteiger partial charge is 0.328 e. The summed E-state index contributed by atoms with van der Waals surface area (Å²) in [5.74, 6) is -0.937. The predicted octanol–water partition coefficient (Wildman–Crippen LogP) is 4.29. The van der Waals surface area contributed by atoms with E-state index in [1.807, 2.05) is 83.1 Å². The Morgan fingerprint density at radius 2 is 1.61 bits per heavy atom. The van der Waals surface area contributed by atoms with Gasteiger partial charge in [-0.3, -0.25) is 14.5 Å². The van der Waals surface area contributed by atoms with Crippen LogP contribution in [0.3, 0.4) is 0 Å². The van der Waals surface area contributed by atoms with Gasteiger partial charge in [0, 0.05) is 12.1 Å². The predicted molar refractivity (Wildman–Crippen MR) is 168 cm³/mol. The SMILES string of the molecule is COC(=O)[C@H](C(C)C)N(CC(=O)NC(C)(C)C)C(=O)[C@H](Cc1ccccc1)N1CSC(=S)N(Cc2ccccc2)C1. The average Bonchev–Trinajstić information content (AvgIpc) is 2.92. The van der Waals surface area contributed by atoms with E-state index in [0.29, 0.717) is 25.5 Å². The lowest BCUT2D eigenvalue weighted by atomic mass is 9.98. The highest BCUT2D eigenvalue weighted by Crippen LogP contribution is 2.26. The van der Waals surface area contributed by atoms with E-state index in [9.17, 15) is 14.4 Å². The van der Waals surface area contributed by atoms with Crippen molar-refractivity contribution in [2.45, 2.75) is 65.2 Å². The number of carbonyl (C=O) groups is 3. The Labute approximate surface area is 253 Å². The van der Waals surface area contributed by atoms with Crippen LogP contribution < -0.4 is 5.32 Å². The molecule has 0 bridgehead atoms. The molecule has 1 N–H and O–H groups in total. The molecule has 1 aliphatic heterocycles. The Hall–Kier alpha value is -2.95. The molecule has 0 unspecified atom stereocenters. The molecule has 0 spiro atoms. The summed E-state index contributed by atoms with van der Waals surface area (Å²) >= 11 is 7.21. The van der Waals surface area contributed by atoms with Crippen molar-refractivity contribution in [2.24, 2.45) is 5.92 Å². The number of methoxy groups -OCH3 is 1. The summed E-state index contributed by atoms with van der Waals surface area (Å²) in [6, 6.07) is 18.3. The molecule has 0 aliphatic carbocycles. The van der Waals surface area contributed by atoms with Crippen molar-refractivity contribution in [3.63, 3.8) is 0 Å². The van der Waals surface area contributed by atoms with Crippen LogP contribution in [0.1, 0.15) is 45.7 Å². The lowest BCUT2D eigenvalue weighted by Gasteiger charge is -2.43. The van der Waals surface area contributed by atoms with Gasteiger partial charge >= 0.3 is 5.97 Å². The van der Waals surface area contributed by atoms with Crippen LogP contribution in [0, 0.1) is 5.92 Å². The molecule has 1 saturated heterocycles. The summed E-state index contributed by atoms with van der Waals surface area (Å²) in [6.07, 6.45) is 0.412. The fourth-order valence-electron chi connectivity index (χ4n) is 4.86. The van der Waals surface area contributed by atoms with E-state index in [0.717, 1.165) is 15.4 Å². The Morgan fingerprint density at radius 3 is 2.15 bits per heavy atom. The van der Waals surface area contributed by atoms with Gasteiger partial charge in [0.2, 0.25) is 11.8 Å². The van der Waals surface area contributed by atoms with Crippen LogP contribution in [0.25, 0.3) is 0 Å². The molecule has 2 atom stereocenters. The van der Waals surface area contributed by atoms with Gasteiger partial charge < -0.3 is 19.9 Å². The molecule has 2 aromatic rings. The molecule has 3 rings (SSSR count). The van der Waals surface area contributed by atoms with Crippen molar-refractivity contribution in [3.05, 3.63) is 71.8 Å². The van der Waals surface area contributed by atoms with Gasteiger partial charge in [-0.05, 0) is 44.2 Å². The summed E-state index contributed by atoms with van der Waals surface area (Å²) in [6.45, 7) is 10.1. The van der Waals surface area contributed by atoms with Crippen molar-refractivity contribution >= 4 is 46.1 Å². The number of nitrogens with zero attached hydrogens (tertiary/aromatic N) is 3.